The summed E-state index contributed by atoms with van der Waals surface area (Å²) in [6.07, 6.45) is 15.3. The predicted molar refractivity (Wildman–Crippen MR) is 75.9 cm³/mol. The molecule has 0 bridgehead atoms. The second-order valence-electron chi connectivity index (χ2n) is 7.15. The van der Waals surface area contributed by atoms with Gasteiger partial charge >= 0.3 is 0 Å². The molecule has 0 nitrogen and oxygen atoms in total. The van der Waals surface area contributed by atoms with E-state index in [4.69, 9.17) is 0 Å². The normalized spacial score (nSPS) is 29.2. The summed E-state index contributed by atoms with van der Waals surface area (Å²) in [4.78, 5) is 0. The zero-order valence-corrected chi connectivity index (χ0v) is 12.8. The highest BCUT2D eigenvalue weighted by Gasteiger charge is 2.44. The minimum Gasteiger partial charge on any atom is -0.0712 e. The van der Waals surface area contributed by atoms with E-state index in [-0.39, 0.29) is 0 Å². The van der Waals surface area contributed by atoms with Gasteiger partial charge in [-0.2, -0.15) is 0 Å². The van der Waals surface area contributed by atoms with Gasteiger partial charge in [0.15, 0.2) is 0 Å². The van der Waals surface area contributed by atoms with E-state index in [0.717, 1.165) is 10.1 Å². The Bertz CT molecular complexity index is 198. The van der Waals surface area contributed by atoms with Crippen LogP contribution in [-0.4, -0.2) is 8.80 Å². The van der Waals surface area contributed by atoms with E-state index in [9.17, 15) is 0 Å². The lowest BCUT2D eigenvalue weighted by atomic mass is 9.88. The van der Waals surface area contributed by atoms with Crippen LogP contribution >= 0.6 is 0 Å². The molecule has 2 saturated carbocycles. The average molecular weight is 238 g/mol. The molecule has 2 aliphatic carbocycles. The SMILES string of the molecule is C[SiH](C1(C)CCCCC1)C1(C)CCCCC1. The smallest absolute Gasteiger partial charge is 0.0458 e. The zero-order chi connectivity index (χ0) is 11.6. The highest BCUT2D eigenvalue weighted by Crippen LogP contribution is 2.56. The van der Waals surface area contributed by atoms with Gasteiger partial charge < -0.3 is 0 Å². The van der Waals surface area contributed by atoms with Gasteiger partial charge in [0.2, 0.25) is 0 Å². The molecule has 0 atom stereocenters. The molecule has 0 N–H and O–H groups in total. The van der Waals surface area contributed by atoms with E-state index >= 15 is 0 Å². The number of hydrogen-bond acceptors (Lipinski definition) is 0. The van der Waals surface area contributed by atoms with Crippen molar-refractivity contribution in [3.05, 3.63) is 0 Å². The van der Waals surface area contributed by atoms with Crippen LogP contribution in [-0.2, 0) is 0 Å². The van der Waals surface area contributed by atoms with Crippen molar-refractivity contribution in [3.63, 3.8) is 0 Å². The molecular formula is C15H30Si. The Morgan fingerprint density at radius 3 is 1.25 bits per heavy atom. The molecule has 2 aliphatic rings. The second kappa shape index (κ2) is 4.84. The molecule has 0 spiro atoms. The van der Waals surface area contributed by atoms with Crippen molar-refractivity contribution in [3.8, 4) is 0 Å². The first kappa shape index (κ1) is 12.7. The molecule has 0 aromatic rings. The van der Waals surface area contributed by atoms with E-state index < -0.39 is 8.80 Å². The van der Waals surface area contributed by atoms with Crippen molar-refractivity contribution in [2.24, 2.45) is 0 Å². The predicted octanol–water partition coefficient (Wildman–Crippen LogP) is 5.29. The van der Waals surface area contributed by atoms with Crippen molar-refractivity contribution >= 4 is 8.80 Å². The molecular weight excluding hydrogens is 208 g/mol. The van der Waals surface area contributed by atoms with Gasteiger partial charge in [0.25, 0.3) is 0 Å². The minimum atomic E-state index is -0.595. The van der Waals surface area contributed by atoms with Gasteiger partial charge in [-0.05, 0) is 10.1 Å². The second-order valence-corrected chi connectivity index (χ2v) is 11.4. The summed E-state index contributed by atoms with van der Waals surface area (Å²) in [5.74, 6) is 0. The molecule has 0 heterocycles. The fourth-order valence-electron chi connectivity index (χ4n) is 4.43. The molecule has 2 rings (SSSR count). The van der Waals surface area contributed by atoms with Crippen molar-refractivity contribution in [1.29, 1.82) is 0 Å². The molecule has 0 aromatic heterocycles. The van der Waals surface area contributed by atoms with Crippen LogP contribution in [0.4, 0.5) is 0 Å². The summed E-state index contributed by atoms with van der Waals surface area (Å²) in [6, 6.07) is 0. The van der Waals surface area contributed by atoms with Gasteiger partial charge in [-0.25, -0.2) is 0 Å². The van der Waals surface area contributed by atoms with E-state index in [0.29, 0.717) is 0 Å². The minimum absolute atomic E-state index is 0.595. The first-order chi connectivity index (χ1) is 7.57. The molecule has 0 aliphatic heterocycles. The van der Waals surface area contributed by atoms with Crippen LogP contribution in [0.25, 0.3) is 0 Å². The molecule has 94 valence electrons. The van der Waals surface area contributed by atoms with Gasteiger partial charge in [-0.1, -0.05) is 84.6 Å². The van der Waals surface area contributed by atoms with Gasteiger partial charge in [0.1, 0.15) is 0 Å². The molecule has 16 heavy (non-hydrogen) atoms. The monoisotopic (exact) mass is 238 g/mol. The van der Waals surface area contributed by atoms with E-state index in [1.807, 2.05) is 0 Å². The maximum absolute atomic E-state index is 2.70. The first-order valence-corrected chi connectivity index (χ1v) is 9.88. The third-order valence-electron chi connectivity index (χ3n) is 6.08. The number of rotatable bonds is 2. The summed E-state index contributed by atoms with van der Waals surface area (Å²) in [7, 11) is -0.595. The summed E-state index contributed by atoms with van der Waals surface area (Å²) >= 11 is 0. The molecule has 1 heteroatoms. The zero-order valence-electron chi connectivity index (χ0n) is 11.6. The topological polar surface area (TPSA) is 0 Å². The van der Waals surface area contributed by atoms with Crippen LogP contribution in [0.2, 0.25) is 16.6 Å². The largest absolute Gasteiger partial charge is 0.0712 e. The van der Waals surface area contributed by atoms with Crippen LogP contribution in [0.1, 0.15) is 78.1 Å². The van der Waals surface area contributed by atoms with Crippen LogP contribution < -0.4 is 0 Å². The van der Waals surface area contributed by atoms with Crippen LogP contribution in [0, 0.1) is 0 Å². The Hall–Kier alpha value is 0.217. The maximum Gasteiger partial charge on any atom is 0.0458 e. The van der Waals surface area contributed by atoms with Gasteiger partial charge in [0.05, 0.1) is 0 Å². The molecule has 0 aromatic carbocycles. The fraction of sp³-hybridized carbons (Fsp3) is 1.00. The lowest BCUT2D eigenvalue weighted by molar-refractivity contribution is 0.346. The third-order valence-corrected chi connectivity index (χ3v) is 11.4. The van der Waals surface area contributed by atoms with Crippen LogP contribution in [0.3, 0.4) is 0 Å². The van der Waals surface area contributed by atoms with Crippen molar-refractivity contribution in [2.45, 2.75) is 94.7 Å². The van der Waals surface area contributed by atoms with E-state index in [1.165, 1.54) is 38.5 Å². The summed E-state index contributed by atoms with van der Waals surface area (Å²) < 4.78 is 0. The van der Waals surface area contributed by atoms with Gasteiger partial charge in [-0.15, -0.1) is 0 Å². The molecule has 0 saturated heterocycles. The summed E-state index contributed by atoms with van der Waals surface area (Å²) in [5.41, 5.74) is 0. The fourth-order valence-corrected chi connectivity index (χ4v) is 8.66. The van der Waals surface area contributed by atoms with Crippen LogP contribution in [0.5, 0.6) is 0 Å². The Balaban J connectivity index is 2.06. The molecule has 0 amide bonds. The van der Waals surface area contributed by atoms with Crippen molar-refractivity contribution in [1.82, 2.24) is 0 Å². The quantitative estimate of drug-likeness (QED) is 0.573. The molecule has 2 fully saturated rings. The van der Waals surface area contributed by atoms with Crippen molar-refractivity contribution in [2.75, 3.05) is 0 Å². The standard InChI is InChI=1S/C15H30Si/c1-14(10-6-4-7-11-14)16(3)15(2)12-8-5-9-13-15/h16H,4-13H2,1-3H3. The third kappa shape index (κ3) is 2.39. The Morgan fingerprint density at radius 1 is 0.625 bits per heavy atom. The van der Waals surface area contributed by atoms with Crippen molar-refractivity contribution < 1.29 is 0 Å². The van der Waals surface area contributed by atoms with Gasteiger partial charge in [0, 0.05) is 8.80 Å². The summed E-state index contributed by atoms with van der Waals surface area (Å²) in [6.45, 7) is 7.99. The van der Waals surface area contributed by atoms with E-state index in [1.54, 1.807) is 25.7 Å². The number of hydrogen-bond donors (Lipinski definition) is 0. The summed E-state index contributed by atoms with van der Waals surface area (Å²) in [5, 5.41) is 1.59. The average Bonchev–Trinajstić information content (AvgIpc) is 2.30. The maximum atomic E-state index is 2.70. The highest BCUT2D eigenvalue weighted by atomic mass is 28.3. The van der Waals surface area contributed by atoms with E-state index in [2.05, 4.69) is 20.4 Å². The lowest BCUT2D eigenvalue weighted by Crippen LogP contribution is -2.40. The van der Waals surface area contributed by atoms with Gasteiger partial charge in [-0.3, -0.25) is 0 Å². The lowest BCUT2D eigenvalue weighted by Gasteiger charge is -2.49. The first-order valence-electron chi connectivity index (χ1n) is 7.57. The highest BCUT2D eigenvalue weighted by molar-refractivity contribution is 6.64. The van der Waals surface area contributed by atoms with Crippen LogP contribution in [0.15, 0.2) is 0 Å². The molecule has 0 radical (unpaired) electrons. The molecule has 0 unspecified atom stereocenters. The Labute approximate surface area is 104 Å². The Kier molecular flexibility index (Phi) is 3.83. The Morgan fingerprint density at radius 2 is 0.938 bits per heavy atom.